The summed E-state index contributed by atoms with van der Waals surface area (Å²) in [5.41, 5.74) is 0.605. The maximum atomic E-state index is 12.4. The molecular formula is C14H16N2O4S2. The molecule has 1 aliphatic rings. The van der Waals surface area contributed by atoms with E-state index in [1.807, 2.05) is 13.8 Å². The van der Waals surface area contributed by atoms with Gasteiger partial charge < -0.3 is 14.5 Å². The van der Waals surface area contributed by atoms with Gasteiger partial charge in [-0.3, -0.25) is 9.59 Å². The van der Waals surface area contributed by atoms with Crippen LogP contribution in [0.4, 0.5) is 0 Å². The van der Waals surface area contributed by atoms with Gasteiger partial charge in [0.1, 0.15) is 4.83 Å². The molecule has 1 aliphatic heterocycles. The van der Waals surface area contributed by atoms with Crippen molar-refractivity contribution in [3.63, 3.8) is 0 Å². The van der Waals surface area contributed by atoms with Gasteiger partial charge in [0, 0.05) is 11.3 Å². The van der Waals surface area contributed by atoms with Crippen molar-refractivity contribution in [1.82, 2.24) is 9.97 Å². The van der Waals surface area contributed by atoms with E-state index < -0.39 is 0 Å². The van der Waals surface area contributed by atoms with Gasteiger partial charge in [0.15, 0.2) is 5.16 Å². The van der Waals surface area contributed by atoms with Gasteiger partial charge in [-0.05, 0) is 19.4 Å². The number of hydrogen-bond donors (Lipinski definition) is 1. The summed E-state index contributed by atoms with van der Waals surface area (Å²) < 4.78 is 10.4. The zero-order valence-electron chi connectivity index (χ0n) is 12.5. The first-order chi connectivity index (χ1) is 10.4. The third-order valence-corrected chi connectivity index (χ3v) is 5.42. The smallest absolute Gasteiger partial charge is 0.316 e. The van der Waals surface area contributed by atoms with Crippen LogP contribution >= 0.6 is 23.1 Å². The van der Waals surface area contributed by atoms with Crippen LogP contribution in [-0.2, 0) is 27.3 Å². The molecule has 0 unspecified atom stereocenters. The van der Waals surface area contributed by atoms with Gasteiger partial charge in [-0.2, -0.15) is 0 Å². The molecule has 22 heavy (non-hydrogen) atoms. The highest BCUT2D eigenvalue weighted by Crippen LogP contribution is 2.37. The van der Waals surface area contributed by atoms with E-state index in [0.717, 1.165) is 22.2 Å². The van der Waals surface area contributed by atoms with Crippen LogP contribution in [0.1, 0.15) is 24.3 Å². The number of thiophene rings is 1. The van der Waals surface area contributed by atoms with Crippen molar-refractivity contribution < 1.29 is 14.3 Å². The van der Waals surface area contributed by atoms with Crippen molar-refractivity contribution >= 4 is 39.3 Å². The van der Waals surface area contributed by atoms with Crippen molar-refractivity contribution in [2.24, 2.45) is 0 Å². The van der Waals surface area contributed by atoms with Crippen LogP contribution in [0.15, 0.2) is 9.95 Å². The molecule has 0 aromatic carbocycles. The van der Waals surface area contributed by atoms with Crippen molar-refractivity contribution in [1.29, 1.82) is 0 Å². The second-order valence-corrected chi connectivity index (χ2v) is 7.69. The Balaban J connectivity index is 1.99. The lowest BCUT2D eigenvalue weighted by molar-refractivity contribution is -0.137. The average molecular weight is 340 g/mol. The van der Waals surface area contributed by atoms with Gasteiger partial charge in [0.25, 0.3) is 5.56 Å². The summed E-state index contributed by atoms with van der Waals surface area (Å²) in [5, 5.41) is 1.08. The van der Waals surface area contributed by atoms with E-state index in [9.17, 15) is 9.59 Å². The Morgan fingerprint density at radius 2 is 2.32 bits per heavy atom. The summed E-state index contributed by atoms with van der Waals surface area (Å²) in [5.74, 6) is -0.236. The molecule has 0 atom stereocenters. The van der Waals surface area contributed by atoms with Gasteiger partial charge in [0.2, 0.25) is 0 Å². The van der Waals surface area contributed by atoms with Crippen LogP contribution in [0.2, 0.25) is 0 Å². The van der Waals surface area contributed by atoms with Crippen molar-refractivity contribution in [2.45, 2.75) is 37.6 Å². The number of carbonyl (C=O) groups excluding carboxylic acids is 1. The summed E-state index contributed by atoms with van der Waals surface area (Å²) in [6.45, 7) is 4.54. The average Bonchev–Trinajstić information content (AvgIpc) is 2.81. The van der Waals surface area contributed by atoms with Crippen LogP contribution in [0.25, 0.3) is 10.2 Å². The lowest BCUT2D eigenvalue weighted by Crippen LogP contribution is -2.31. The Morgan fingerprint density at radius 3 is 3.05 bits per heavy atom. The third kappa shape index (κ3) is 2.90. The number of aromatic nitrogens is 2. The largest absolute Gasteiger partial charge is 0.468 e. The summed E-state index contributed by atoms with van der Waals surface area (Å²) in [6, 6.07) is 0. The number of ether oxygens (including phenoxy) is 2. The Morgan fingerprint density at radius 1 is 1.55 bits per heavy atom. The quantitative estimate of drug-likeness (QED) is 0.523. The first kappa shape index (κ1) is 15.5. The second-order valence-electron chi connectivity index (χ2n) is 5.64. The Bertz CT molecular complexity index is 794. The maximum absolute atomic E-state index is 12.4. The van der Waals surface area contributed by atoms with E-state index in [1.54, 1.807) is 0 Å². The fourth-order valence-corrected chi connectivity index (χ4v) is 4.24. The van der Waals surface area contributed by atoms with Gasteiger partial charge in [0.05, 0.1) is 30.5 Å². The minimum absolute atomic E-state index is 0.117. The number of thioether (sulfide) groups is 1. The van der Waals surface area contributed by atoms with Crippen LogP contribution in [0.5, 0.6) is 0 Å². The van der Waals surface area contributed by atoms with Crippen LogP contribution in [-0.4, -0.2) is 34.4 Å². The van der Waals surface area contributed by atoms with Crippen LogP contribution < -0.4 is 5.56 Å². The van der Waals surface area contributed by atoms with Gasteiger partial charge in [-0.25, -0.2) is 4.98 Å². The molecule has 1 N–H and O–H groups in total. The third-order valence-electron chi connectivity index (χ3n) is 3.47. The molecule has 3 rings (SSSR count). The first-order valence-electron chi connectivity index (χ1n) is 6.78. The molecule has 0 saturated heterocycles. The molecule has 0 spiro atoms. The zero-order chi connectivity index (χ0) is 15.9. The number of rotatable bonds is 3. The standard InChI is InChI=1S/C14H16N2O4S2/c1-14(2)4-7-8(5-20-14)22-12-10(7)11(18)15-13(16-12)21-6-9(17)19-3/h4-6H2,1-3H3,(H,15,16,18). The summed E-state index contributed by atoms with van der Waals surface area (Å²) in [7, 11) is 1.33. The minimum Gasteiger partial charge on any atom is -0.468 e. The van der Waals surface area contributed by atoms with E-state index >= 15 is 0 Å². The van der Waals surface area contributed by atoms with Gasteiger partial charge in [-0.15, -0.1) is 11.3 Å². The summed E-state index contributed by atoms with van der Waals surface area (Å²) in [6.07, 6.45) is 0.696. The van der Waals surface area contributed by atoms with E-state index in [2.05, 4.69) is 14.7 Å². The van der Waals surface area contributed by atoms with Gasteiger partial charge >= 0.3 is 5.97 Å². The number of methoxy groups -OCH3 is 1. The van der Waals surface area contributed by atoms with Crippen LogP contribution in [0, 0.1) is 0 Å². The summed E-state index contributed by atoms with van der Waals surface area (Å²) >= 11 is 2.65. The number of hydrogen-bond acceptors (Lipinski definition) is 7. The Hall–Kier alpha value is -1.38. The number of nitrogens with zero attached hydrogens (tertiary/aromatic N) is 1. The maximum Gasteiger partial charge on any atom is 0.316 e. The molecule has 2 aromatic rings. The van der Waals surface area contributed by atoms with E-state index in [1.165, 1.54) is 18.4 Å². The molecule has 0 radical (unpaired) electrons. The predicted molar refractivity (Wildman–Crippen MR) is 85.6 cm³/mol. The fraction of sp³-hybridized carbons (Fsp3) is 0.500. The van der Waals surface area contributed by atoms with Crippen molar-refractivity contribution in [3.05, 3.63) is 20.8 Å². The Labute approximate surface area is 135 Å². The lowest BCUT2D eigenvalue weighted by Gasteiger charge is -2.29. The van der Waals surface area contributed by atoms with E-state index in [4.69, 9.17) is 4.74 Å². The monoisotopic (exact) mass is 340 g/mol. The Kier molecular flexibility index (Phi) is 4.00. The molecule has 0 amide bonds. The molecule has 2 aromatic heterocycles. The highest BCUT2D eigenvalue weighted by molar-refractivity contribution is 7.99. The molecule has 3 heterocycles. The highest BCUT2D eigenvalue weighted by Gasteiger charge is 2.30. The number of H-pyrrole nitrogens is 1. The molecule has 118 valence electrons. The predicted octanol–water partition coefficient (Wildman–Crippen LogP) is 2.10. The number of aromatic amines is 1. The molecule has 6 nitrogen and oxygen atoms in total. The number of nitrogens with one attached hydrogen (secondary N) is 1. The van der Waals surface area contributed by atoms with Gasteiger partial charge in [-0.1, -0.05) is 11.8 Å². The van der Waals surface area contributed by atoms with E-state index in [-0.39, 0.29) is 22.9 Å². The summed E-state index contributed by atoms with van der Waals surface area (Å²) in [4.78, 5) is 32.5. The first-order valence-corrected chi connectivity index (χ1v) is 8.58. The number of carbonyl (C=O) groups is 1. The molecular weight excluding hydrogens is 324 g/mol. The second kappa shape index (κ2) is 5.68. The molecule has 0 saturated carbocycles. The normalized spacial score (nSPS) is 16.5. The number of fused-ring (bicyclic) bond motifs is 3. The number of esters is 1. The van der Waals surface area contributed by atoms with E-state index in [0.29, 0.717) is 28.4 Å². The minimum atomic E-state index is -0.353. The molecule has 0 aliphatic carbocycles. The fourth-order valence-electron chi connectivity index (χ4n) is 2.39. The van der Waals surface area contributed by atoms with Crippen LogP contribution in [0.3, 0.4) is 0 Å². The van der Waals surface area contributed by atoms with Crippen molar-refractivity contribution in [3.8, 4) is 0 Å². The van der Waals surface area contributed by atoms with Crippen molar-refractivity contribution in [2.75, 3.05) is 12.9 Å². The molecule has 8 heteroatoms. The highest BCUT2D eigenvalue weighted by atomic mass is 32.2. The lowest BCUT2D eigenvalue weighted by atomic mass is 9.94. The molecule has 0 bridgehead atoms. The zero-order valence-corrected chi connectivity index (χ0v) is 14.2. The SMILES string of the molecule is COC(=O)CSc1nc2sc3c(c2c(=O)[nH]1)CC(C)(C)OC3. The topological polar surface area (TPSA) is 81.3 Å². The molecule has 0 fully saturated rings.